The first kappa shape index (κ1) is 24.1. The minimum absolute atomic E-state index is 0.0707. The van der Waals surface area contributed by atoms with Crippen molar-refractivity contribution in [1.82, 2.24) is 15.2 Å². The zero-order valence-corrected chi connectivity index (χ0v) is 19.6. The molecule has 2 aliphatic heterocycles. The molecule has 1 saturated carbocycles. The van der Waals surface area contributed by atoms with Crippen LogP contribution < -0.4 is 10.2 Å². The fraction of sp³-hybridized carbons (Fsp3) is 0.462. The normalized spacial score (nSPS) is 21.3. The van der Waals surface area contributed by atoms with Crippen LogP contribution in [-0.2, 0) is 11.0 Å². The molecule has 3 aliphatic rings. The molecule has 3 fully saturated rings. The molecule has 36 heavy (non-hydrogen) atoms. The van der Waals surface area contributed by atoms with Gasteiger partial charge in [0, 0.05) is 61.3 Å². The lowest BCUT2D eigenvalue weighted by molar-refractivity contribution is -0.137. The highest BCUT2D eigenvalue weighted by molar-refractivity contribution is 5.94. The number of benzene rings is 1. The van der Waals surface area contributed by atoms with E-state index in [1.54, 1.807) is 35.5 Å². The van der Waals surface area contributed by atoms with E-state index in [-0.39, 0.29) is 17.9 Å². The van der Waals surface area contributed by atoms with Crippen LogP contribution in [0.1, 0.15) is 47.2 Å². The van der Waals surface area contributed by atoms with Crippen LogP contribution in [0.2, 0.25) is 0 Å². The van der Waals surface area contributed by atoms with E-state index in [0.29, 0.717) is 50.3 Å². The van der Waals surface area contributed by atoms with Crippen LogP contribution in [0.25, 0.3) is 0 Å². The standard InChI is InChI=1S/C26H26F3N5O2/c27-26(28,29)21-13-20(4-1-18(21)14-30)34-15-22(23(35)32-19-2-3-19)25(16-34)7-11-33(12-8-25)24(36)17-5-9-31-10-6-17/h1,4-6,9-10,13,19,22H,2-3,7-8,11-12,15-16H2,(H,32,35). The Bertz CT molecular complexity index is 1200. The Morgan fingerprint density at radius 1 is 1.11 bits per heavy atom. The Morgan fingerprint density at radius 2 is 1.81 bits per heavy atom. The molecule has 1 spiro atoms. The van der Waals surface area contributed by atoms with E-state index >= 15 is 0 Å². The summed E-state index contributed by atoms with van der Waals surface area (Å²) in [6.07, 6.45) is 1.51. The number of amides is 2. The number of likely N-dealkylation sites (tertiary alicyclic amines) is 1. The van der Waals surface area contributed by atoms with E-state index in [1.165, 1.54) is 12.1 Å². The molecule has 188 valence electrons. The number of alkyl halides is 3. The monoisotopic (exact) mass is 497 g/mol. The first-order chi connectivity index (χ1) is 17.2. The van der Waals surface area contributed by atoms with Crippen molar-refractivity contribution >= 4 is 17.5 Å². The van der Waals surface area contributed by atoms with Gasteiger partial charge in [0.2, 0.25) is 5.91 Å². The molecule has 2 saturated heterocycles. The smallest absolute Gasteiger partial charge is 0.370 e. The molecule has 5 rings (SSSR count). The van der Waals surface area contributed by atoms with Gasteiger partial charge in [-0.3, -0.25) is 14.6 Å². The Kier molecular flexibility index (Phi) is 6.10. The van der Waals surface area contributed by atoms with Crippen LogP contribution in [0.15, 0.2) is 42.7 Å². The second-order valence-electron chi connectivity index (χ2n) is 9.95. The predicted octanol–water partition coefficient (Wildman–Crippen LogP) is 3.61. The zero-order valence-electron chi connectivity index (χ0n) is 19.6. The van der Waals surface area contributed by atoms with Gasteiger partial charge >= 0.3 is 6.18 Å². The number of rotatable bonds is 4. The van der Waals surface area contributed by atoms with E-state index in [2.05, 4.69) is 10.3 Å². The number of aromatic nitrogens is 1. The summed E-state index contributed by atoms with van der Waals surface area (Å²) in [6.45, 7) is 1.63. The van der Waals surface area contributed by atoms with Crippen molar-refractivity contribution in [2.45, 2.75) is 37.9 Å². The number of piperidine rings is 1. The van der Waals surface area contributed by atoms with E-state index in [4.69, 9.17) is 5.26 Å². The maximum Gasteiger partial charge on any atom is 0.417 e. The molecular formula is C26H26F3N5O2. The van der Waals surface area contributed by atoms with Crippen LogP contribution in [0, 0.1) is 22.7 Å². The SMILES string of the molecule is N#Cc1ccc(N2CC(C(=O)NC3CC3)C3(CCN(C(=O)c4ccncc4)CC3)C2)cc1C(F)(F)F. The topological polar surface area (TPSA) is 89.3 Å². The van der Waals surface area contributed by atoms with Gasteiger partial charge in [0.15, 0.2) is 0 Å². The Hall–Kier alpha value is -3.61. The number of hydrogen-bond donors (Lipinski definition) is 1. The molecule has 7 nitrogen and oxygen atoms in total. The van der Waals surface area contributed by atoms with Crippen molar-refractivity contribution < 1.29 is 22.8 Å². The maximum absolute atomic E-state index is 13.6. The summed E-state index contributed by atoms with van der Waals surface area (Å²) in [6, 6.07) is 8.84. The van der Waals surface area contributed by atoms with E-state index in [9.17, 15) is 22.8 Å². The minimum atomic E-state index is -4.65. The molecule has 2 aromatic rings. The highest BCUT2D eigenvalue weighted by atomic mass is 19.4. The number of halogens is 3. The van der Waals surface area contributed by atoms with Gasteiger partial charge in [0.25, 0.3) is 5.91 Å². The quantitative estimate of drug-likeness (QED) is 0.697. The average molecular weight is 498 g/mol. The molecular weight excluding hydrogens is 471 g/mol. The molecule has 1 unspecified atom stereocenters. The number of pyridine rings is 1. The van der Waals surface area contributed by atoms with Gasteiger partial charge < -0.3 is 15.1 Å². The maximum atomic E-state index is 13.6. The Morgan fingerprint density at radius 3 is 2.42 bits per heavy atom. The van der Waals surface area contributed by atoms with Gasteiger partial charge in [0.05, 0.1) is 23.1 Å². The molecule has 3 heterocycles. The van der Waals surface area contributed by atoms with Crippen molar-refractivity contribution in [3.05, 3.63) is 59.4 Å². The zero-order chi connectivity index (χ0) is 25.5. The molecule has 10 heteroatoms. The van der Waals surface area contributed by atoms with Crippen LogP contribution in [-0.4, -0.2) is 53.9 Å². The predicted molar refractivity (Wildman–Crippen MR) is 125 cm³/mol. The molecule has 1 aromatic heterocycles. The van der Waals surface area contributed by atoms with Gasteiger partial charge in [-0.25, -0.2) is 0 Å². The third-order valence-electron chi connectivity index (χ3n) is 7.66. The van der Waals surface area contributed by atoms with Crippen molar-refractivity contribution in [2.24, 2.45) is 11.3 Å². The van der Waals surface area contributed by atoms with Gasteiger partial charge in [-0.05, 0) is 56.0 Å². The number of anilines is 1. The summed E-state index contributed by atoms with van der Waals surface area (Å²) in [7, 11) is 0. The summed E-state index contributed by atoms with van der Waals surface area (Å²) < 4.78 is 40.8. The Balaban J connectivity index is 1.39. The highest BCUT2D eigenvalue weighted by Crippen LogP contribution is 2.47. The number of hydrogen-bond acceptors (Lipinski definition) is 5. The first-order valence-corrected chi connectivity index (χ1v) is 12.1. The Labute approximate surface area is 206 Å². The number of nitriles is 1. The fourth-order valence-electron chi connectivity index (χ4n) is 5.46. The van der Waals surface area contributed by atoms with Crippen LogP contribution in [0.5, 0.6) is 0 Å². The molecule has 1 N–H and O–H groups in total. The van der Waals surface area contributed by atoms with Crippen molar-refractivity contribution in [3.8, 4) is 6.07 Å². The number of nitrogens with one attached hydrogen (secondary N) is 1. The molecule has 0 bridgehead atoms. The van der Waals surface area contributed by atoms with Crippen molar-refractivity contribution in [3.63, 3.8) is 0 Å². The largest absolute Gasteiger partial charge is 0.417 e. The van der Waals surface area contributed by atoms with Gasteiger partial charge in [-0.2, -0.15) is 18.4 Å². The lowest BCUT2D eigenvalue weighted by atomic mass is 9.70. The minimum Gasteiger partial charge on any atom is -0.370 e. The van der Waals surface area contributed by atoms with E-state index < -0.39 is 28.6 Å². The lowest BCUT2D eigenvalue weighted by Crippen LogP contribution is -2.50. The number of carbonyl (C=O) groups is 2. The summed E-state index contributed by atoms with van der Waals surface area (Å²) in [5, 5.41) is 12.2. The van der Waals surface area contributed by atoms with Gasteiger partial charge in [-0.15, -0.1) is 0 Å². The van der Waals surface area contributed by atoms with Crippen LogP contribution in [0.4, 0.5) is 18.9 Å². The number of nitrogens with zero attached hydrogens (tertiary/aromatic N) is 4. The third kappa shape index (κ3) is 4.62. The molecule has 1 atom stereocenters. The summed E-state index contributed by atoms with van der Waals surface area (Å²) >= 11 is 0. The van der Waals surface area contributed by atoms with Crippen molar-refractivity contribution in [2.75, 3.05) is 31.1 Å². The van der Waals surface area contributed by atoms with Crippen molar-refractivity contribution in [1.29, 1.82) is 5.26 Å². The molecule has 1 aliphatic carbocycles. The van der Waals surface area contributed by atoms with E-state index in [1.807, 2.05) is 4.90 Å². The van der Waals surface area contributed by atoms with E-state index in [0.717, 1.165) is 18.9 Å². The second-order valence-corrected chi connectivity index (χ2v) is 9.95. The molecule has 1 aromatic carbocycles. The average Bonchev–Trinajstić information content (AvgIpc) is 3.62. The summed E-state index contributed by atoms with van der Waals surface area (Å²) in [5.74, 6) is -0.567. The highest BCUT2D eigenvalue weighted by Gasteiger charge is 2.52. The van der Waals surface area contributed by atoms with Gasteiger partial charge in [-0.1, -0.05) is 0 Å². The lowest BCUT2D eigenvalue weighted by Gasteiger charge is -2.42. The summed E-state index contributed by atoms with van der Waals surface area (Å²) in [4.78, 5) is 33.7. The first-order valence-electron chi connectivity index (χ1n) is 12.1. The summed E-state index contributed by atoms with van der Waals surface area (Å²) in [5.41, 5.74) is -0.960. The second kappa shape index (κ2) is 9.12. The van der Waals surface area contributed by atoms with Crippen LogP contribution >= 0.6 is 0 Å². The fourth-order valence-corrected chi connectivity index (χ4v) is 5.46. The number of carbonyl (C=O) groups excluding carboxylic acids is 2. The molecule has 2 amide bonds. The van der Waals surface area contributed by atoms with Crippen LogP contribution in [0.3, 0.4) is 0 Å². The van der Waals surface area contributed by atoms with Gasteiger partial charge in [0.1, 0.15) is 0 Å². The third-order valence-corrected chi connectivity index (χ3v) is 7.66. The molecule has 0 radical (unpaired) electrons.